The Morgan fingerprint density at radius 1 is 1.04 bits per heavy atom. The molecule has 0 spiro atoms. The predicted molar refractivity (Wildman–Crippen MR) is 109 cm³/mol. The first-order valence-corrected chi connectivity index (χ1v) is 9.17. The van der Waals surface area contributed by atoms with E-state index in [1.807, 2.05) is 0 Å². The fraction of sp³-hybridized carbons (Fsp3) is 0.158. The molecule has 3 rings (SSSR count). The molecule has 0 saturated heterocycles. The third kappa shape index (κ3) is 5.09. The second kappa shape index (κ2) is 8.86. The lowest BCUT2D eigenvalue weighted by atomic mass is 10.1. The first-order chi connectivity index (χ1) is 13.4. The van der Waals surface area contributed by atoms with Crippen LogP contribution in [0.2, 0.25) is 10.0 Å². The Kier molecular flexibility index (Phi) is 6.28. The molecule has 0 aliphatic rings. The number of aromatic nitrogens is 3. The zero-order valence-electron chi connectivity index (χ0n) is 14.9. The molecule has 9 heteroatoms. The van der Waals surface area contributed by atoms with Crippen LogP contribution in [0.4, 0.5) is 11.4 Å². The Balaban J connectivity index is 1.55. The van der Waals surface area contributed by atoms with Crippen molar-refractivity contribution in [2.24, 2.45) is 0 Å². The van der Waals surface area contributed by atoms with Crippen LogP contribution in [-0.2, 0) is 16.0 Å². The number of hydrogen-bond acceptors (Lipinski definition) is 4. The van der Waals surface area contributed by atoms with Crippen molar-refractivity contribution in [1.82, 2.24) is 14.8 Å². The molecule has 3 aromatic rings. The van der Waals surface area contributed by atoms with E-state index in [9.17, 15) is 9.59 Å². The van der Waals surface area contributed by atoms with Crippen molar-refractivity contribution in [3.05, 3.63) is 70.7 Å². The Hall–Kier alpha value is -2.90. The van der Waals surface area contributed by atoms with Gasteiger partial charge in [-0.2, -0.15) is 5.10 Å². The minimum atomic E-state index is -0.493. The normalized spacial score (nSPS) is 11.7. The Morgan fingerprint density at radius 3 is 2.32 bits per heavy atom. The average molecular weight is 418 g/mol. The number of carbonyl (C=O) groups excluding carboxylic acids is 2. The Labute approximate surface area is 171 Å². The highest BCUT2D eigenvalue weighted by Crippen LogP contribution is 2.23. The van der Waals surface area contributed by atoms with E-state index < -0.39 is 6.04 Å². The Morgan fingerprint density at radius 2 is 1.71 bits per heavy atom. The van der Waals surface area contributed by atoms with Crippen molar-refractivity contribution in [1.29, 1.82) is 0 Å². The second-order valence-corrected chi connectivity index (χ2v) is 6.91. The van der Waals surface area contributed by atoms with E-state index in [0.29, 0.717) is 21.4 Å². The first kappa shape index (κ1) is 19.9. The van der Waals surface area contributed by atoms with E-state index in [-0.39, 0.29) is 18.2 Å². The van der Waals surface area contributed by atoms with Crippen molar-refractivity contribution in [3.8, 4) is 0 Å². The maximum absolute atomic E-state index is 12.2. The maximum Gasteiger partial charge on any atom is 0.249 e. The number of halogens is 2. The van der Waals surface area contributed by atoms with Crippen LogP contribution in [0.3, 0.4) is 0 Å². The minimum Gasteiger partial charge on any atom is -0.326 e. The zero-order chi connectivity index (χ0) is 20.1. The predicted octanol–water partition coefficient (Wildman–Crippen LogP) is 3.97. The topological polar surface area (TPSA) is 88.9 Å². The van der Waals surface area contributed by atoms with E-state index in [1.165, 1.54) is 17.3 Å². The van der Waals surface area contributed by atoms with Gasteiger partial charge in [0, 0.05) is 11.4 Å². The van der Waals surface area contributed by atoms with Crippen molar-refractivity contribution in [2.45, 2.75) is 19.4 Å². The van der Waals surface area contributed by atoms with Gasteiger partial charge >= 0.3 is 0 Å². The van der Waals surface area contributed by atoms with Gasteiger partial charge in [-0.15, -0.1) is 0 Å². The minimum absolute atomic E-state index is 0.171. The molecule has 0 fully saturated rings. The molecule has 2 amide bonds. The van der Waals surface area contributed by atoms with Crippen molar-refractivity contribution >= 4 is 46.4 Å². The zero-order valence-corrected chi connectivity index (χ0v) is 16.4. The van der Waals surface area contributed by atoms with Crippen LogP contribution in [-0.4, -0.2) is 26.6 Å². The lowest BCUT2D eigenvalue weighted by Crippen LogP contribution is -2.24. The third-order valence-corrected chi connectivity index (χ3v) is 4.74. The molecule has 1 aromatic heterocycles. The van der Waals surface area contributed by atoms with Gasteiger partial charge in [-0.25, -0.2) is 9.67 Å². The molecule has 0 radical (unpaired) electrons. The molecule has 144 valence electrons. The van der Waals surface area contributed by atoms with Gasteiger partial charge in [0.15, 0.2) is 0 Å². The van der Waals surface area contributed by atoms with E-state index >= 15 is 0 Å². The molecule has 1 heterocycles. The maximum atomic E-state index is 12.2. The summed E-state index contributed by atoms with van der Waals surface area (Å²) in [5.74, 6) is -0.406. The van der Waals surface area contributed by atoms with Crippen LogP contribution in [0.5, 0.6) is 0 Å². The van der Waals surface area contributed by atoms with Gasteiger partial charge < -0.3 is 10.6 Å². The van der Waals surface area contributed by atoms with Gasteiger partial charge in [0.2, 0.25) is 11.8 Å². The summed E-state index contributed by atoms with van der Waals surface area (Å²) >= 11 is 11.8. The molecule has 2 aromatic carbocycles. The summed E-state index contributed by atoms with van der Waals surface area (Å²) in [6.45, 7) is 1.72. The summed E-state index contributed by atoms with van der Waals surface area (Å²) < 4.78 is 1.47. The van der Waals surface area contributed by atoms with E-state index in [2.05, 4.69) is 20.7 Å². The number of nitrogens with one attached hydrogen (secondary N) is 2. The number of benzene rings is 2. The van der Waals surface area contributed by atoms with E-state index in [1.54, 1.807) is 49.4 Å². The van der Waals surface area contributed by atoms with Crippen LogP contribution in [0.1, 0.15) is 18.5 Å². The van der Waals surface area contributed by atoms with Gasteiger partial charge in [0.1, 0.15) is 18.7 Å². The molecular weight excluding hydrogens is 401 g/mol. The molecule has 0 bridgehead atoms. The van der Waals surface area contributed by atoms with Gasteiger partial charge in [0.25, 0.3) is 0 Å². The quantitative estimate of drug-likeness (QED) is 0.634. The first-order valence-electron chi connectivity index (χ1n) is 8.41. The van der Waals surface area contributed by atoms with Crippen molar-refractivity contribution < 1.29 is 9.59 Å². The number of hydrogen-bond donors (Lipinski definition) is 2. The fourth-order valence-corrected chi connectivity index (χ4v) is 2.78. The van der Waals surface area contributed by atoms with Gasteiger partial charge in [-0.05, 0) is 48.9 Å². The average Bonchev–Trinajstić information content (AvgIpc) is 3.20. The van der Waals surface area contributed by atoms with Gasteiger partial charge in [-0.1, -0.05) is 29.3 Å². The molecule has 0 aliphatic carbocycles. The standard InChI is InChI=1S/C19H17Cl2N5O2/c1-12(26-11-22-10-23-26)19(28)25-15-5-3-14(4-6-15)24-18(27)9-13-2-7-16(20)17(21)8-13/h2-8,10-12H,9H2,1H3,(H,24,27)(H,25,28)/t12-/m1/s1. The summed E-state index contributed by atoms with van der Waals surface area (Å²) in [7, 11) is 0. The van der Waals surface area contributed by atoms with Crippen LogP contribution in [0.15, 0.2) is 55.1 Å². The molecule has 0 aliphatic heterocycles. The fourth-order valence-electron chi connectivity index (χ4n) is 2.46. The Bertz CT molecular complexity index is 974. The second-order valence-electron chi connectivity index (χ2n) is 6.09. The highest BCUT2D eigenvalue weighted by atomic mass is 35.5. The molecule has 28 heavy (non-hydrogen) atoms. The number of carbonyl (C=O) groups is 2. The van der Waals surface area contributed by atoms with E-state index in [0.717, 1.165) is 5.56 Å². The van der Waals surface area contributed by atoms with Crippen LogP contribution in [0.25, 0.3) is 0 Å². The van der Waals surface area contributed by atoms with E-state index in [4.69, 9.17) is 23.2 Å². The third-order valence-electron chi connectivity index (χ3n) is 4.00. The summed E-state index contributed by atoms with van der Waals surface area (Å²) in [6.07, 6.45) is 3.03. The van der Waals surface area contributed by atoms with Crippen LogP contribution < -0.4 is 10.6 Å². The lowest BCUT2D eigenvalue weighted by molar-refractivity contribution is -0.119. The SMILES string of the molecule is C[C@H](C(=O)Nc1ccc(NC(=O)Cc2ccc(Cl)c(Cl)c2)cc1)n1cncn1. The molecule has 1 atom stereocenters. The monoisotopic (exact) mass is 417 g/mol. The molecule has 0 unspecified atom stereocenters. The molecule has 2 N–H and O–H groups in total. The van der Waals surface area contributed by atoms with Crippen LogP contribution >= 0.6 is 23.2 Å². The van der Waals surface area contributed by atoms with Crippen LogP contribution in [0, 0.1) is 0 Å². The van der Waals surface area contributed by atoms with Gasteiger partial charge in [-0.3, -0.25) is 9.59 Å². The molecule has 7 nitrogen and oxygen atoms in total. The van der Waals surface area contributed by atoms with Gasteiger partial charge in [0.05, 0.1) is 16.5 Å². The summed E-state index contributed by atoms with van der Waals surface area (Å²) in [6, 6.07) is 11.4. The highest BCUT2D eigenvalue weighted by Gasteiger charge is 2.15. The van der Waals surface area contributed by atoms with Crippen molar-refractivity contribution in [2.75, 3.05) is 10.6 Å². The molecule has 0 saturated carbocycles. The number of nitrogens with zero attached hydrogens (tertiary/aromatic N) is 3. The number of amides is 2. The smallest absolute Gasteiger partial charge is 0.249 e. The van der Waals surface area contributed by atoms with Crippen molar-refractivity contribution in [3.63, 3.8) is 0 Å². The molecular formula is C19H17Cl2N5O2. The highest BCUT2D eigenvalue weighted by molar-refractivity contribution is 6.42. The largest absolute Gasteiger partial charge is 0.326 e. The summed E-state index contributed by atoms with van der Waals surface area (Å²) in [5, 5.41) is 10.4. The lowest BCUT2D eigenvalue weighted by Gasteiger charge is -2.12. The number of rotatable bonds is 6. The summed E-state index contributed by atoms with van der Waals surface area (Å²) in [5.41, 5.74) is 1.99. The number of anilines is 2. The summed E-state index contributed by atoms with van der Waals surface area (Å²) in [4.78, 5) is 28.3.